The molecule has 0 unspecified atom stereocenters. The number of aryl methyl sites for hydroxylation is 2. The van der Waals surface area contributed by atoms with Gasteiger partial charge in [0.05, 0.1) is 13.2 Å². The number of thiophene rings is 1. The molecule has 2 aromatic heterocycles. The van der Waals surface area contributed by atoms with Gasteiger partial charge in [0.25, 0.3) is 0 Å². The predicted molar refractivity (Wildman–Crippen MR) is 108 cm³/mol. The lowest BCUT2D eigenvalue weighted by atomic mass is 10.4. The molecule has 2 fully saturated rings. The van der Waals surface area contributed by atoms with Crippen molar-refractivity contribution in [2.45, 2.75) is 25.3 Å². The number of nitrogens with zero attached hydrogens (tertiary/aromatic N) is 5. The normalized spacial score (nSPS) is 19.1. The molecule has 0 radical (unpaired) electrons. The zero-order valence-electron chi connectivity index (χ0n) is 17.0. The van der Waals surface area contributed by atoms with Crippen molar-refractivity contribution in [2.24, 2.45) is 0 Å². The van der Waals surface area contributed by atoms with Gasteiger partial charge in [0.15, 0.2) is 5.76 Å². The highest BCUT2D eigenvalue weighted by atomic mass is 32.2. The summed E-state index contributed by atoms with van der Waals surface area (Å²) in [6, 6.07) is 2.94. The summed E-state index contributed by atoms with van der Waals surface area (Å²) >= 11 is 1.40. The van der Waals surface area contributed by atoms with Crippen LogP contribution in [0.4, 0.5) is 4.79 Å². The molecule has 0 aromatic carbocycles. The topological polar surface area (TPSA) is 124 Å². The van der Waals surface area contributed by atoms with Crippen LogP contribution >= 0.6 is 11.3 Å². The zero-order valence-corrected chi connectivity index (χ0v) is 18.6. The average Bonchev–Trinajstić information content (AvgIpc) is 3.42. The van der Waals surface area contributed by atoms with Crippen LogP contribution in [0, 0.1) is 13.8 Å². The minimum atomic E-state index is -3.76. The van der Waals surface area contributed by atoms with E-state index in [1.165, 1.54) is 15.6 Å². The van der Waals surface area contributed by atoms with Crippen molar-refractivity contribution in [1.82, 2.24) is 24.2 Å². The second-order valence-corrected chi connectivity index (χ2v) is 10.2. The van der Waals surface area contributed by atoms with E-state index in [9.17, 15) is 22.8 Å². The van der Waals surface area contributed by atoms with Crippen molar-refractivity contribution in [3.8, 4) is 0 Å². The van der Waals surface area contributed by atoms with Crippen molar-refractivity contribution < 1.29 is 27.3 Å². The molecule has 166 valence electrons. The summed E-state index contributed by atoms with van der Waals surface area (Å²) in [5.74, 6) is -1.48. The van der Waals surface area contributed by atoms with Gasteiger partial charge in [-0.25, -0.2) is 18.1 Å². The fraction of sp³-hybridized carbons (Fsp3) is 0.444. The van der Waals surface area contributed by atoms with Gasteiger partial charge in [-0.05, 0) is 25.3 Å². The van der Waals surface area contributed by atoms with Crippen LogP contribution in [0.3, 0.4) is 0 Å². The second kappa shape index (κ2) is 8.15. The minimum Gasteiger partial charge on any atom is -0.360 e. The van der Waals surface area contributed by atoms with E-state index in [1.54, 1.807) is 30.9 Å². The third-order valence-corrected chi connectivity index (χ3v) is 8.27. The summed E-state index contributed by atoms with van der Waals surface area (Å²) in [7, 11) is -3.76. The van der Waals surface area contributed by atoms with Crippen molar-refractivity contribution in [3.05, 3.63) is 33.8 Å². The molecule has 4 rings (SSSR count). The second-order valence-electron chi connectivity index (χ2n) is 7.30. The number of rotatable bonds is 6. The van der Waals surface area contributed by atoms with Gasteiger partial charge in [-0.2, -0.15) is 4.31 Å². The molecule has 0 spiro atoms. The first-order chi connectivity index (χ1) is 14.7. The maximum absolute atomic E-state index is 12.9. The first-order valence-corrected chi connectivity index (χ1v) is 11.9. The van der Waals surface area contributed by atoms with Crippen molar-refractivity contribution >= 4 is 39.2 Å². The van der Waals surface area contributed by atoms with Gasteiger partial charge in [-0.15, -0.1) is 11.3 Å². The standard InChI is InChI=1S/C18H21N5O6S2/c1-12-15(13(2)29-19-12)31(27,28)21-7-5-20(6-8-21)11-23-17(25)16(24)22(18(23)26)10-14-4-3-9-30-14/h3-4,9H,5-8,10-11H2,1-2H3. The number of aromatic nitrogens is 1. The van der Waals surface area contributed by atoms with E-state index in [0.29, 0.717) is 18.8 Å². The Morgan fingerprint density at radius 1 is 1.06 bits per heavy atom. The number of sulfonamides is 1. The average molecular weight is 468 g/mol. The van der Waals surface area contributed by atoms with Crippen LogP contribution in [0.2, 0.25) is 0 Å². The lowest BCUT2D eigenvalue weighted by molar-refractivity contribution is -0.144. The highest BCUT2D eigenvalue weighted by Gasteiger charge is 2.45. The minimum absolute atomic E-state index is 0.0566. The fourth-order valence-electron chi connectivity index (χ4n) is 3.66. The Kier molecular flexibility index (Phi) is 5.68. The third kappa shape index (κ3) is 3.89. The molecule has 2 aliphatic heterocycles. The summed E-state index contributed by atoms with van der Waals surface area (Å²) in [4.78, 5) is 41.8. The smallest absolute Gasteiger partial charge is 0.335 e. The first-order valence-electron chi connectivity index (χ1n) is 9.55. The molecule has 31 heavy (non-hydrogen) atoms. The molecule has 2 aliphatic rings. The lowest BCUT2D eigenvalue weighted by Crippen LogP contribution is -2.52. The molecule has 0 N–H and O–H groups in total. The van der Waals surface area contributed by atoms with Gasteiger partial charge in [0, 0.05) is 31.1 Å². The molecular weight excluding hydrogens is 446 g/mol. The molecular formula is C18H21N5O6S2. The Labute approximate surface area is 182 Å². The molecule has 4 amide bonds. The van der Waals surface area contributed by atoms with Gasteiger partial charge in [-0.1, -0.05) is 11.2 Å². The van der Waals surface area contributed by atoms with Crippen molar-refractivity contribution in [2.75, 3.05) is 32.8 Å². The number of hydrogen-bond donors (Lipinski definition) is 0. The Morgan fingerprint density at radius 3 is 2.32 bits per heavy atom. The molecule has 0 atom stereocenters. The monoisotopic (exact) mass is 467 g/mol. The van der Waals surface area contributed by atoms with Gasteiger partial charge in [0.1, 0.15) is 10.6 Å². The van der Waals surface area contributed by atoms with Crippen LogP contribution in [0.15, 0.2) is 26.9 Å². The Balaban J connectivity index is 1.39. The van der Waals surface area contributed by atoms with E-state index in [-0.39, 0.29) is 37.0 Å². The van der Waals surface area contributed by atoms with E-state index >= 15 is 0 Å². The van der Waals surface area contributed by atoms with E-state index in [0.717, 1.165) is 14.7 Å². The molecule has 2 saturated heterocycles. The Morgan fingerprint density at radius 2 is 1.74 bits per heavy atom. The number of piperazine rings is 1. The number of carbonyl (C=O) groups is 3. The Bertz CT molecular complexity index is 1100. The molecule has 0 bridgehead atoms. The quantitative estimate of drug-likeness (QED) is 0.447. The van der Waals surface area contributed by atoms with Gasteiger partial charge in [-0.3, -0.25) is 19.4 Å². The van der Waals surface area contributed by atoms with Crippen molar-refractivity contribution in [1.29, 1.82) is 0 Å². The van der Waals surface area contributed by atoms with Crippen LogP contribution in [0.1, 0.15) is 16.3 Å². The predicted octanol–water partition coefficient (Wildman–Crippen LogP) is 0.608. The number of imide groups is 2. The number of urea groups is 1. The molecule has 0 saturated carbocycles. The van der Waals surface area contributed by atoms with E-state index < -0.39 is 27.9 Å². The van der Waals surface area contributed by atoms with Gasteiger partial charge >= 0.3 is 17.8 Å². The number of hydrogen-bond acceptors (Lipinski definition) is 9. The third-order valence-electron chi connectivity index (χ3n) is 5.27. The SMILES string of the molecule is Cc1noc(C)c1S(=O)(=O)N1CCN(CN2C(=O)C(=O)N(Cc3cccs3)C2=O)CC1. The van der Waals surface area contributed by atoms with E-state index in [4.69, 9.17) is 4.52 Å². The van der Waals surface area contributed by atoms with Gasteiger partial charge in [0.2, 0.25) is 10.0 Å². The molecule has 0 aliphatic carbocycles. The fourth-order valence-corrected chi connectivity index (χ4v) is 6.06. The summed E-state index contributed by atoms with van der Waals surface area (Å²) in [6.07, 6.45) is 0. The number of carbonyl (C=O) groups excluding carboxylic acids is 3. The van der Waals surface area contributed by atoms with E-state index in [2.05, 4.69) is 5.16 Å². The molecule has 4 heterocycles. The summed E-state index contributed by atoms with van der Waals surface area (Å²) in [6.45, 7) is 4.07. The molecule has 2 aromatic rings. The van der Waals surface area contributed by atoms with Gasteiger partial charge < -0.3 is 4.52 Å². The zero-order chi connectivity index (χ0) is 22.3. The van der Waals surface area contributed by atoms with Crippen molar-refractivity contribution in [3.63, 3.8) is 0 Å². The summed E-state index contributed by atoms with van der Waals surface area (Å²) in [5.41, 5.74) is 0.303. The van der Waals surface area contributed by atoms with Crippen LogP contribution in [0.5, 0.6) is 0 Å². The maximum Gasteiger partial charge on any atom is 0.335 e. The van der Waals surface area contributed by atoms with Crippen LogP contribution in [0.25, 0.3) is 0 Å². The molecule has 13 heteroatoms. The highest BCUT2D eigenvalue weighted by molar-refractivity contribution is 7.89. The lowest BCUT2D eigenvalue weighted by Gasteiger charge is -2.35. The summed E-state index contributed by atoms with van der Waals surface area (Å²) in [5, 5.41) is 5.54. The van der Waals surface area contributed by atoms with Crippen LogP contribution in [-0.2, 0) is 26.2 Å². The maximum atomic E-state index is 12.9. The highest BCUT2D eigenvalue weighted by Crippen LogP contribution is 2.25. The first kappa shape index (κ1) is 21.6. The number of amides is 4. The largest absolute Gasteiger partial charge is 0.360 e. The molecule has 11 nitrogen and oxygen atoms in total. The van der Waals surface area contributed by atoms with Crippen LogP contribution in [-0.4, -0.2) is 83.3 Å². The van der Waals surface area contributed by atoms with Crippen LogP contribution < -0.4 is 0 Å². The Hall–Kier alpha value is -2.61. The van der Waals surface area contributed by atoms with E-state index in [1.807, 2.05) is 5.38 Å². The summed E-state index contributed by atoms with van der Waals surface area (Å²) < 4.78 is 32.2.